The van der Waals surface area contributed by atoms with Gasteiger partial charge in [0.1, 0.15) is 11.8 Å². The van der Waals surface area contributed by atoms with E-state index in [0.717, 1.165) is 12.3 Å². The number of carboxylic acid groups (broad SMARTS) is 1. The van der Waals surface area contributed by atoms with Crippen LogP contribution >= 0.6 is 0 Å². The van der Waals surface area contributed by atoms with E-state index in [1.54, 1.807) is 6.92 Å². The standard InChI is InChI=1S/C13H9F2NO4/c1-5-16-3-7(13(18)19)12(17)6-2-9(14)10(15)8(4-20-5)11(6)16/h2-3,5H,4H2,1H3,(H,18,19). The van der Waals surface area contributed by atoms with E-state index in [9.17, 15) is 18.4 Å². The van der Waals surface area contributed by atoms with Crippen molar-refractivity contribution in [1.29, 1.82) is 0 Å². The van der Waals surface area contributed by atoms with E-state index in [4.69, 9.17) is 9.84 Å². The zero-order valence-electron chi connectivity index (χ0n) is 10.3. The Labute approximate surface area is 111 Å². The highest BCUT2D eigenvalue weighted by Crippen LogP contribution is 2.31. The molecule has 1 unspecified atom stereocenters. The van der Waals surface area contributed by atoms with E-state index in [2.05, 4.69) is 0 Å². The lowest BCUT2D eigenvalue weighted by Gasteiger charge is -2.27. The largest absolute Gasteiger partial charge is 0.477 e. The summed E-state index contributed by atoms with van der Waals surface area (Å²) in [5, 5.41) is 8.86. The van der Waals surface area contributed by atoms with E-state index < -0.39 is 34.8 Å². The SMILES string of the molecule is CC1OCc2c(F)c(F)cc3c(=O)c(C(=O)O)cn1c23. The quantitative estimate of drug-likeness (QED) is 0.868. The van der Waals surface area contributed by atoms with E-state index >= 15 is 0 Å². The number of hydrogen-bond donors (Lipinski definition) is 1. The van der Waals surface area contributed by atoms with Gasteiger partial charge in [-0.1, -0.05) is 0 Å². The van der Waals surface area contributed by atoms with Crippen molar-refractivity contribution in [2.45, 2.75) is 19.8 Å². The van der Waals surface area contributed by atoms with Gasteiger partial charge >= 0.3 is 5.97 Å². The molecule has 0 amide bonds. The third-order valence-corrected chi connectivity index (χ3v) is 3.39. The number of aromatic carboxylic acids is 1. The minimum atomic E-state index is -1.43. The molecule has 20 heavy (non-hydrogen) atoms. The first-order chi connectivity index (χ1) is 9.41. The van der Waals surface area contributed by atoms with Gasteiger partial charge in [-0.25, -0.2) is 13.6 Å². The molecule has 1 aliphatic rings. The van der Waals surface area contributed by atoms with Crippen molar-refractivity contribution in [1.82, 2.24) is 4.57 Å². The maximum atomic E-state index is 13.8. The highest BCUT2D eigenvalue weighted by molar-refractivity contribution is 5.93. The van der Waals surface area contributed by atoms with Crippen molar-refractivity contribution in [3.8, 4) is 0 Å². The summed E-state index contributed by atoms with van der Waals surface area (Å²) in [7, 11) is 0. The van der Waals surface area contributed by atoms with E-state index in [-0.39, 0.29) is 23.1 Å². The fourth-order valence-electron chi connectivity index (χ4n) is 2.40. The number of ether oxygens (including phenoxy) is 1. The molecule has 1 aromatic carbocycles. The number of rotatable bonds is 1. The second-order valence-electron chi connectivity index (χ2n) is 4.54. The third-order valence-electron chi connectivity index (χ3n) is 3.39. The lowest BCUT2D eigenvalue weighted by Crippen LogP contribution is -2.26. The number of halogens is 2. The predicted octanol–water partition coefficient (Wildman–Crippen LogP) is 2.03. The average Bonchev–Trinajstić information content (AvgIpc) is 2.39. The van der Waals surface area contributed by atoms with E-state index in [0.29, 0.717) is 0 Å². The minimum Gasteiger partial charge on any atom is -0.477 e. The second kappa shape index (κ2) is 4.11. The number of carboxylic acids is 1. The van der Waals surface area contributed by atoms with Crippen molar-refractivity contribution in [3.05, 3.63) is 45.2 Å². The van der Waals surface area contributed by atoms with Crippen LogP contribution in [0.15, 0.2) is 17.1 Å². The maximum Gasteiger partial charge on any atom is 0.341 e. The summed E-state index contributed by atoms with van der Waals surface area (Å²) in [4.78, 5) is 23.1. The molecule has 0 bridgehead atoms. The molecule has 104 valence electrons. The van der Waals surface area contributed by atoms with Crippen LogP contribution in [-0.4, -0.2) is 15.6 Å². The number of carbonyl (C=O) groups is 1. The van der Waals surface area contributed by atoms with Gasteiger partial charge in [-0.2, -0.15) is 0 Å². The van der Waals surface area contributed by atoms with Crippen LogP contribution in [0.1, 0.15) is 29.1 Å². The number of pyridine rings is 1. The summed E-state index contributed by atoms with van der Waals surface area (Å²) < 4.78 is 33.9. The highest BCUT2D eigenvalue weighted by Gasteiger charge is 2.26. The zero-order chi connectivity index (χ0) is 14.6. The second-order valence-corrected chi connectivity index (χ2v) is 4.54. The summed E-state index contributed by atoms with van der Waals surface area (Å²) in [6, 6.07) is 0.734. The average molecular weight is 281 g/mol. The first kappa shape index (κ1) is 12.7. The topological polar surface area (TPSA) is 68.5 Å². The van der Waals surface area contributed by atoms with Crippen LogP contribution in [0, 0.1) is 11.6 Å². The Hall–Kier alpha value is -2.28. The number of hydrogen-bond acceptors (Lipinski definition) is 3. The molecule has 1 atom stereocenters. The fraction of sp³-hybridized carbons (Fsp3) is 0.231. The van der Waals surface area contributed by atoms with Gasteiger partial charge in [0.25, 0.3) is 0 Å². The Bertz CT molecular complexity index is 812. The third kappa shape index (κ3) is 1.56. The summed E-state index contributed by atoms with van der Waals surface area (Å²) >= 11 is 0. The molecular formula is C13H9F2NO4. The molecule has 0 saturated carbocycles. The number of aromatic nitrogens is 1. The Morgan fingerprint density at radius 2 is 2.20 bits per heavy atom. The minimum absolute atomic E-state index is 0.0767. The smallest absolute Gasteiger partial charge is 0.341 e. The van der Waals surface area contributed by atoms with Gasteiger partial charge in [-0.3, -0.25) is 4.79 Å². The van der Waals surface area contributed by atoms with Gasteiger partial charge < -0.3 is 14.4 Å². The molecule has 3 rings (SSSR count). The molecule has 0 radical (unpaired) electrons. The normalized spacial score (nSPS) is 17.4. The molecule has 2 aromatic rings. The molecule has 7 heteroatoms. The Balaban J connectivity index is 2.57. The molecule has 1 aliphatic heterocycles. The molecule has 0 fully saturated rings. The highest BCUT2D eigenvalue weighted by atomic mass is 19.2. The van der Waals surface area contributed by atoms with Gasteiger partial charge in [-0.05, 0) is 13.0 Å². The van der Waals surface area contributed by atoms with Crippen molar-refractivity contribution < 1.29 is 23.4 Å². The first-order valence-corrected chi connectivity index (χ1v) is 5.82. The summed E-state index contributed by atoms with van der Waals surface area (Å²) in [5.41, 5.74) is -1.24. The van der Waals surface area contributed by atoms with Crippen molar-refractivity contribution >= 4 is 16.9 Å². The molecule has 0 saturated heterocycles. The summed E-state index contributed by atoms with van der Waals surface area (Å²) in [6.45, 7) is 1.45. The van der Waals surface area contributed by atoms with Gasteiger partial charge in [0.05, 0.1) is 17.5 Å². The van der Waals surface area contributed by atoms with Gasteiger partial charge in [0, 0.05) is 11.8 Å². The van der Waals surface area contributed by atoms with Crippen LogP contribution in [0.25, 0.3) is 10.9 Å². The zero-order valence-corrected chi connectivity index (χ0v) is 10.3. The van der Waals surface area contributed by atoms with E-state index in [1.165, 1.54) is 4.57 Å². The van der Waals surface area contributed by atoms with Crippen LogP contribution in [0.2, 0.25) is 0 Å². The van der Waals surface area contributed by atoms with Gasteiger partial charge in [0.2, 0.25) is 5.43 Å². The Morgan fingerprint density at radius 1 is 1.50 bits per heavy atom. The first-order valence-electron chi connectivity index (χ1n) is 5.82. The molecule has 0 spiro atoms. The van der Waals surface area contributed by atoms with Crippen LogP contribution in [0.5, 0.6) is 0 Å². The Morgan fingerprint density at radius 3 is 2.85 bits per heavy atom. The fourth-order valence-corrected chi connectivity index (χ4v) is 2.40. The van der Waals surface area contributed by atoms with Gasteiger partial charge in [-0.15, -0.1) is 0 Å². The Kier molecular flexibility index (Phi) is 2.62. The molecule has 5 nitrogen and oxygen atoms in total. The maximum absolute atomic E-state index is 13.8. The summed E-state index contributed by atoms with van der Waals surface area (Å²) in [6.07, 6.45) is 0.520. The lowest BCUT2D eigenvalue weighted by atomic mass is 10.0. The lowest BCUT2D eigenvalue weighted by molar-refractivity contribution is -0.00372. The van der Waals surface area contributed by atoms with Crippen molar-refractivity contribution in [2.75, 3.05) is 0 Å². The molecular weight excluding hydrogens is 272 g/mol. The molecule has 1 N–H and O–H groups in total. The number of benzene rings is 1. The van der Waals surface area contributed by atoms with Crippen molar-refractivity contribution in [3.63, 3.8) is 0 Å². The van der Waals surface area contributed by atoms with Crippen molar-refractivity contribution in [2.24, 2.45) is 0 Å². The van der Waals surface area contributed by atoms with Crippen LogP contribution in [-0.2, 0) is 11.3 Å². The van der Waals surface area contributed by atoms with Crippen LogP contribution < -0.4 is 5.43 Å². The number of nitrogens with zero attached hydrogens (tertiary/aromatic N) is 1. The predicted molar refractivity (Wildman–Crippen MR) is 64.6 cm³/mol. The van der Waals surface area contributed by atoms with Gasteiger partial charge in [0.15, 0.2) is 11.6 Å². The summed E-state index contributed by atoms with van der Waals surface area (Å²) in [5.74, 6) is -3.71. The molecule has 1 aromatic heterocycles. The van der Waals surface area contributed by atoms with Crippen LogP contribution in [0.3, 0.4) is 0 Å². The monoisotopic (exact) mass is 281 g/mol. The molecule has 0 aliphatic carbocycles. The van der Waals surface area contributed by atoms with Crippen LogP contribution in [0.4, 0.5) is 8.78 Å². The molecule has 2 heterocycles. The van der Waals surface area contributed by atoms with E-state index in [1.807, 2.05) is 0 Å².